The minimum Gasteiger partial charge on any atom is -0.457 e. The van der Waals surface area contributed by atoms with Gasteiger partial charge in [0.05, 0.1) is 4.58 Å². The smallest absolute Gasteiger partial charge is 0.330 e. The van der Waals surface area contributed by atoms with E-state index in [0.717, 1.165) is 16.4 Å². The predicted octanol–water partition coefficient (Wildman–Crippen LogP) is 5.92. The van der Waals surface area contributed by atoms with Gasteiger partial charge in [-0.05, 0) is 41.7 Å². The predicted molar refractivity (Wildman–Crippen MR) is 105 cm³/mol. The van der Waals surface area contributed by atoms with Crippen LogP contribution in [0.25, 0.3) is 0 Å². The van der Waals surface area contributed by atoms with Crippen molar-refractivity contribution in [3.05, 3.63) is 82.6 Å². The fraction of sp³-hybridized carbons (Fsp3) is 0.150. The molecule has 25 heavy (non-hydrogen) atoms. The number of carbonyl (C=O) groups excluding carboxylic acids is 1. The van der Waals surface area contributed by atoms with Crippen LogP contribution in [0.2, 0.25) is 0 Å². The number of para-hydroxylation sites is 1. The van der Waals surface area contributed by atoms with E-state index in [0.29, 0.717) is 6.61 Å². The van der Waals surface area contributed by atoms with Crippen LogP contribution >= 0.6 is 23.5 Å². The number of carbonyl (C=O) groups is 1. The van der Waals surface area contributed by atoms with Gasteiger partial charge in [-0.25, -0.2) is 4.79 Å². The second-order valence-electron chi connectivity index (χ2n) is 5.34. The Bertz CT molecular complexity index is 782. The van der Waals surface area contributed by atoms with Gasteiger partial charge < -0.3 is 9.47 Å². The molecule has 0 aromatic heterocycles. The molecule has 1 heterocycles. The van der Waals surface area contributed by atoms with Crippen molar-refractivity contribution in [2.45, 2.75) is 11.5 Å². The van der Waals surface area contributed by atoms with Crippen molar-refractivity contribution in [1.29, 1.82) is 0 Å². The van der Waals surface area contributed by atoms with E-state index in [-0.39, 0.29) is 4.58 Å². The Morgan fingerprint density at radius 3 is 2.44 bits per heavy atom. The lowest BCUT2D eigenvalue weighted by Gasteiger charge is -2.11. The first kappa shape index (κ1) is 17.7. The molecule has 0 fully saturated rings. The summed E-state index contributed by atoms with van der Waals surface area (Å²) in [5.41, 5.74) is 1.21. The average molecular weight is 370 g/mol. The van der Waals surface area contributed by atoms with Gasteiger partial charge in [0.15, 0.2) is 0 Å². The quantitative estimate of drug-likeness (QED) is 0.466. The first-order chi connectivity index (χ1) is 12.2. The van der Waals surface area contributed by atoms with Crippen LogP contribution in [0.5, 0.6) is 11.5 Å². The zero-order valence-electron chi connectivity index (χ0n) is 13.8. The SMILES string of the molecule is C=CC(=O)OCC1=C(C)SC(c2ccc(Oc3ccccc3)cc2)S1. The normalized spacial score (nSPS) is 16.6. The second-order valence-corrected chi connectivity index (χ2v) is 8.16. The highest BCUT2D eigenvalue weighted by Crippen LogP contribution is 2.55. The number of hydrogen-bond acceptors (Lipinski definition) is 5. The van der Waals surface area contributed by atoms with Crippen LogP contribution in [0.4, 0.5) is 0 Å². The summed E-state index contributed by atoms with van der Waals surface area (Å²) < 4.78 is 11.2. The molecular formula is C20H18O3S2. The summed E-state index contributed by atoms with van der Waals surface area (Å²) >= 11 is 3.50. The van der Waals surface area contributed by atoms with Crippen molar-refractivity contribution in [2.24, 2.45) is 0 Å². The molecule has 2 aromatic rings. The van der Waals surface area contributed by atoms with Gasteiger partial charge in [0.1, 0.15) is 18.1 Å². The summed E-state index contributed by atoms with van der Waals surface area (Å²) in [6, 6.07) is 17.8. The molecule has 1 atom stereocenters. The highest BCUT2D eigenvalue weighted by Gasteiger charge is 2.25. The van der Waals surface area contributed by atoms with E-state index in [1.165, 1.54) is 16.5 Å². The van der Waals surface area contributed by atoms with Crippen molar-refractivity contribution in [3.63, 3.8) is 0 Å². The maximum absolute atomic E-state index is 11.2. The molecule has 3 rings (SSSR count). The van der Waals surface area contributed by atoms with E-state index < -0.39 is 5.97 Å². The summed E-state index contributed by atoms with van der Waals surface area (Å²) in [6.07, 6.45) is 1.19. The Morgan fingerprint density at radius 1 is 1.08 bits per heavy atom. The van der Waals surface area contributed by atoms with Crippen LogP contribution in [0.1, 0.15) is 17.1 Å². The summed E-state index contributed by atoms with van der Waals surface area (Å²) in [4.78, 5) is 13.5. The first-order valence-electron chi connectivity index (χ1n) is 7.81. The second kappa shape index (κ2) is 8.32. The minimum atomic E-state index is -0.392. The van der Waals surface area contributed by atoms with E-state index >= 15 is 0 Å². The molecular weight excluding hydrogens is 352 g/mol. The number of benzene rings is 2. The van der Waals surface area contributed by atoms with Gasteiger partial charge in [-0.1, -0.05) is 36.9 Å². The summed E-state index contributed by atoms with van der Waals surface area (Å²) in [6.45, 7) is 5.77. The molecule has 128 valence electrons. The van der Waals surface area contributed by atoms with Crippen LogP contribution < -0.4 is 4.74 Å². The third-order valence-corrected chi connectivity index (χ3v) is 6.56. The maximum atomic E-state index is 11.2. The van der Waals surface area contributed by atoms with Crippen molar-refractivity contribution in [1.82, 2.24) is 0 Å². The van der Waals surface area contributed by atoms with Crippen LogP contribution in [-0.4, -0.2) is 12.6 Å². The topological polar surface area (TPSA) is 35.5 Å². The van der Waals surface area contributed by atoms with Gasteiger partial charge in [0, 0.05) is 11.0 Å². The van der Waals surface area contributed by atoms with Gasteiger partial charge in [-0.3, -0.25) is 0 Å². The van der Waals surface area contributed by atoms with E-state index in [9.17, 15) is 4.79 Å². The van der Waals surface area contributed by atoms with Crippen molar-refractivity contribution in [2.75, 3.05) is 6.61 Å². The Hall–Kier alpha value is -2.11. The highest BCUT2D eigenvalue weighted by atomic mass is 32.2. The molecule has 0 aliphatic carbocycles. The van der Waals surface area contributed by atoms with Crippen LogP contribution in [0, 0.1) is 0 Å². The molecule has 0 amide bonds. The van der Waals surface area contributed by atoms with Gasteiger partial charge >= 0.3 is 5.97 Å². The molecule has 1 unspecified atom stereocenters. The molecule has 0 saturated heterocycles. The molecule has 0 saturated carbocycles. The zero-order valence-corrected chi connectivity index (χ0v) is 15.4. The number of thioether (sulfide) groups is 2. The van der Waals surface area contributed by atoms with Crippen molar-refractivity contribution in [3.8, 4) is 11.5 Å². The Morgan fingerprint density at radius 2 is 1.76 bits per heavy atom. The summed E-state index contributed by atoms with van der Waals surface area (Å²) in [5, 5.41) is 0. The van der Waals surface area contributed by atoms with Crippen LogP contribution in [-0.2, 0) is 9.53 Å². The summed E-state index contributed by atoms with van der Waals surface area (Å²) in [5.74, 6) is 1.24. The Balaban J connectivity index is 1.60. The maximum Gasteiger partial charge on any atom is 0.330 e. The lowest BCUT2D eigenvalue weighted by atomic mass is 10.2. The van der Waals surface area contributed by atoms with Gasteiger partial charge in [0.2, 0.25) is 0 Å². The standard InChI is InChI=1S/C20H18O3S2/c1-3-19(21)22-13-18-14(2)24-20(25-18)15-9-11-17(12-10-15)23-16-7-5-4-6-8-16/h3-12,20H,1,13H2,2H3. The lowest BCUT2D eigenvalue weighted by molar-refractivity contribution is -0.136. The fourth-order valence-corrected chi connectivity index (χ4v) is 5.16. The third kappa shape index (κ3) is 4.71. The first-order valence-corrected chi connectivity index (χ1v) is 9.57. The van der Waals surface area contributed by atoms with E-state index in [1.807, 2.05) is 42.5 Å². The third-order valence-electron chi connectivity index (χ3n) is 3.57. The number of rotatable bonds is 6. The molecule has 1 aliphatic rings. The van der Waals surface area contributed by atoms with E-state index in [4.69, 9.17) is 9.47 Å². The molecule has 0 N–H and O–H groups in total. The molecule has 2 aromatic carbocycles. The van der Waals surface area contributed by atoms with Crippen molar-refractivity contribution < 1.29 is 14.3 Å². The molecule has 3 nitrogen and oxygen atoms in total. The molecule has 0 spiro atoms. The number of hydrogen-bond donors (Lipinski definition) is 0. The van der Waals surface area contributed by atoms with Gasteiger partial charge in [0.25, 0.3) is 0 Å². The lowest BCUT2D eigenvalue weighted by Crippen LogP contribution is -2.02. The minimum absolute atomic E-state index is 0.267. The Labute approximate surface area is 156 Å². The van der Waals surface area contributed by atoms with Gasteiger partial charge in [-0.2, -0.15) is 0 Å². The van der Waals surface area contributed by atoms with Crippen LogP contribution in [0.15, 0.2) is 77.1 Å². The fourth-order valence-electron chi connectivity index (χ4n) is 2.25. The molecule has 5 heteroatoms. The van der Waals surface area contributed by atoms with E-state index in [2.05, 4.69) is 25.6 Å². The number of esters is 1. The molecule has 0 bridgehead atoms. The molecule has 0 radical (unpaired) electrons. The molecule has 1 aliphatic heterocycles. The number of allylic oxidation sites excluding steroid dienone is 1. The van der Waals surface area contributed by atoms with Gasteiger partial charge in [-0.15, -0.1) is 23.5 Å². The Kier molecular flexibility index (Phi) is 5.89. The average Bonchev–Trinajstić information content (AvgIpc) is 3.02. The summed E-state index contributed by atoms with van der Waals surface area (Å²) in [7, 11) is 0. The zero-order chi connectivity index (χ0) is 17.6. The highest BCUT2D eigenvalue weighted by molar-refractivity contribution is 8.22. The monoisotopic (exact) mass is 370 g/mol. The van der Waals surface area contributed by atoms with E-state index in [1.54, 1.807) is 23.5 Å². The largest absolute Gasteiger partial charge is 0.457 e. The van der Waals surface area contributed by atoms with Crippen LogP contribution in [0.3, 0.4) is 0 Å². The van der Waals surface area contributed by atoms with Crippen molar-refractivity contribution >= 4 is 29.5 Å². The number of ether oxygens (including phenoxy) is 2.